The van der Waals surface area contributed by atoms with Crippen molar-refractivity contribution in [3.63, 3.8) is 0 Å². The normalized spacial score (nSPS) is 17.7. The first-order chi connectivity index (χ1) is 11.1. The molecule has 1 aromatic heterocycles. The molecular formula is C16H18ClFN4O. The lowest BCUT2D eigenvalue weighted by Crippen LogP contribution is -2.36. The second-order valence-electron chi connectivity index (χ2n) is 5.82. The van der Waals surface area contributed by atoms with Crippen molar-refractivity contribution in [3.8, 4) is 0 Å². The summed E-state index contributed by atoms with van der Waals surface area (Å²) < 4.78 is 15.1. The fraction of sp³-hybridized carbons (Fsp3) is 0.438. The molecular weight excluding hydrogens is 319 g/mol. The van der Waals surface area contributed by atoms with E-state index < -0.39 is 5.82 Å². The molecule has 1 unspecified atom stereocenters. The maximum absolute atomic E-state index is 13.3. The average Bonchev–Trinajstić information content (AvgIpc) is 3.16. The standard InChI is InChI=1S/C16H18ClFN4O/c1-21-10-19-20-15(21)7-5-12-3-2-8-22(12)16(23)11-4-6-14(18)13(17)9-11/h4,6,9-10,12H,2-3,5,7-8H2,1H3. The molecule has 1 aromatic carbocycles. The number of aryl methyl sites for hydroxylation is 2. The highest BCUT2D eigenvalue weighted by Gasteiger charge is 2.29. The van der Waals surface area contributed by atoms with Crippen molar-refractivity contribution in [1.29, 1.82) is 0 Å². The van der Waals surface area contributed by atoms with Crippen LogP contribution in [0.4, 0.5) is 4.39 Å². The van der Waals surface area contributed by atoms with Gasteiger partial charge in [-0.15, -0.1) is 10.2 Å². The molecule has 122 valence electrons. The van der Waals surface area contributed by atoms with Crippen LogP contribution in [0.2, 0.25) is 5.02 Å². The molecule has 2 heterocycles. The van der Waals surface area contributed by atoms with Gasteiger partial charge in [0, 0.05) is 31.6 Å². The third-order valence-electron chi connectivity index (χ3n) is 4.31. The van der Waals surface area contributed by atoms with Crippen LogP contribution in [0.3, 0.4) is 0 Å². The van der Waals surface area contributed by atoms with Crippen molar-refractivity contribution in [3.05, 3.63) is 46.8 Å². The number of aromatic nitrogens is 3. The SMILES string of the molecule is Cn1cnnc1CCC1CCCN1C(=O)c1ccc(F)c(Cl)c1. The molecule has 1 fully saturated rings. The number of halogens is 2. The molecule has 1 aliphatic rings. The maximum atomic E-state index is 13.3. The van der Waals surface area contributed by atoms with Gasteiger partial charge in [-0.1, -0.05) is 11.6 Å². The summed E-state index contributed by atoms with van der Waals surface area (Å²) in [7, 11) is 1.91. The minimum atomic E-state index is -0.511. The van der Waals surface area contributed by atoms with Crippen molar-refractivity contribution >= 4 is 17.5 Å². The Morgan fingerprint density at radius 2 is 2.30 bits per heavy atom. The van der Waals surface area contributed by atoms with Crippen LogP contribution in [0.25, 0.3) is 0 Å². The van der Waals surface area contributed by atoms with Crippen molar-refractivity contribution in [1.82, 2.24) is 19.7 Å². The van der Waals surface area contributed by atoms with E-state index in [1.54, 1.807) is 6.33 Å². The van der Waals surface area contributed by atoms with E-state index in [1.807, 2.05) is 16.5 Å². The summed E-state index contributed by atoms with van der Waals surface area (Å²) in [5.74, 6) is 0.310. The molecule has 3 rings (SSSR count). The fourth-order valence-electron chi connectivity index (χ4n) is 3.03. The van der Waals surface area contributed by atoms with Gasteiger partial charge in [-0.2, -0.15) is 0 Å². The van der Waals surface area contributed by atoms with Crippen molar-refractivity contribution in [2.24, 2.45) is 7.05 Å². The molecule has 2 aromatic rings. The third-order valence-corrected chi connectivity index (χ3v) is 4.60. The molecule has 5 nitrogen and oxygen atoms in total. The zero-order valence-electron chi connectivity index (χ0n) is 12.9. The summed E-state index contributed by atoms with van der Waals surface area (Å²) in [6.07, 6.45) is 5.23. The molecule has 0 spiro atoms. The topological polar surface area (TPSA) is 51.0 Å². The molecule has 0 aliphatic carbocycles. The highest BCUT2D eigenvalue weighted by molar-refractivity contribution is 6.31. The molecule has 0 saturated carbocycles. The lowest BCUT2D eigenvalue weighted by Gasteiger charge is -2.25. The highest BCUT2D eigenvalue weighted by atomic mass is 35.5. The number of hydrogen-bond donors (Lipinski definition) is 0. The molecule has 1 atom stereocenters. The Hall–Kier alpha value is -1.95. The van der Waals surface area contributed by atoms with E-state index in [1.165, 1.54) is 18.2 Å². The molecule has 1 aliphatic heterocycles. The number of nitrogens with zero attached hydrogens (tertiary/aromatic N) is 4. The van der Waals surface area contributed by atoms with Crippen LogP contribution in [0.5, 0.6) is 0 Å². The number of carbonyl (C=O) groups excluding carboxylic acids is 1. The largest absolute Gasteiger partial charge is 0.336 e. The predicted molar refractivity (Wildman–Crippen MR) is 84.8 cm³/mol. The molecule has 7 heteroatoms. The smallest absolute Gasteiger partial charge is 0.254 e. The van der Waals surface area contributed by atoms with Gasteiger partial charge in [0.1, 0.15) is 18.0 Å². The van der Waals surface area contributed by atoms with Gasteiger partial charge < -0.3 is 9.47 Å². The van der Waals surface area contributed by atoms with Crippen LogP contribution < -0.4 is 0 Å². The molecule has 0 radical (unpaired) electrons. The van der Waals surface area contributed by atoms with Crippen LogP contribution in [0, 0.1) is 5.82 Å². The average molecular weight is 337 g/mol. The van der Waals surface area contributed by atoms with E-state index in [0.29, 0.717) is 5.56 Å². The Morgan fingerprint density at radius 1 is 1.48 bits per heavy atom. The Morgan fingerprint density at radius 3 is 3.00 bits per heavy atom. The van der Waals surface area contributed by atoms with E-state index in [2.05, 4.69) is 10.2 Å². The monoisotopic (exact) mass is 336 g/mol. The Bertz CT molecular complexity index is 718. The summed E-state index contributed by atoms with van der Waals surface area (Å²) in [5, 5.41) is 7.92. The van der Waals surface area contributed by atoms with Gasteiger partial charge in [-0.25, -0.2) is 4.39 Å². The first-order valence-corrected chi connectivity index (χ1v) is 8.03. The summed E-state index contributed by atoms with van der Waals surface area (Å²) in [4.78, 5) is 14.5. The number of hydrogen-bond acceptors (Lipinski definition) is 3. The second-order valence-corrected chi connectivity index (χ2v) is 6.23. The third kappa shape index (κ3) is 3.37. The van der Waals surface area contributed by atoms with Gasteiger partial charge in [-0.3, -0.25) is 4.79 Å². The van der Waals surface area contributed by atoms with Crippen molar-refractivity contribution in [2.75, 3.05) is 6.54 Å². The summed E-state index contributed by atoms with van der Waals surface area (Å²) in [6.45, 7) is 0.720. The predicted octanol–water partition coefficient (Wildman–Crippen LogP) is 2.85. The molecule has 1 amide bonds. The van der Waals surface area contributed by atoms with Crippen LogP contribution in [0.1, 0.15) is 35.4 Å². The quantitative estimate of drug-likeness (QED) is 0.862. The maximum Gasteiger partial charge on any atom is 0.254 e. The minimum absolute atomic E-state index is 0.0225. The number of likely N-dealkylation sites (tertiary alicyclic amines) is 1. The fourth-order valence-corrected chi connectivity index (χ4v) is 3.21. The Labute approximate surface area is 139 Å². The first kappa shape index (κ1) is 15.9. The van der Waals surface area contributed by atoms with Gasteiger partial charge in [0.05, 0.1) is 5.02 Å². The summed E-state index contributed by atoms with van der Waals surface area (Å²) in [5.41, 5.74) is 0.432. The van der Waals surface area contributed by atoms with Crippen molar-refractivity contribution < 1.29 is 9.18 Å². The van der Waals surface area contributed by atoms with E-state index in [0.717, 1.165) is 38.1 Å². The zero-order valence-corrected chi connectivity index (χ0v) is 13.6. The Kier molecular flexibility index (Phi) is 4.61. The van der Waals surface area contributed by atoms with E-state index in [-0.39, 0.29) is 17.0 Å². The van der Waals surface area contributed by atoms with E-state index >= 15 is 0 Å². The molecule has 0 bridgehead atoms. The highest BCUT2D eigenvalue weighted by Crippen LogP contribution is 2.25. The zero-order chi connectivity index (χ0) is 16.4. The molecule has 23 heavy (non-hydrogen) atoms. The minimum Gasteiger partial charge on any atom is -0.336 e. The van der Waals surface area contributed by atoms with Gasteiger partial charge in [-0.05, 0) is 37.5 Å². The molecule has 1 saturated heterocycles. The van der Waals surface area contributed by atoms with Crippen molar-refractivity contribution in [2.45, 2.75) is 31.7 Å². The lowest BCUT2D eigenvalue weighted by molar-refractivity contribution is 0.0730. The van der Waals surface area contributed by atoms with E-state index in [9.17, 15) is 9.18 Å². The van der Waals surface area contributed by atoms with Gasteiger partial charge in [0.15, 0.2) is 0 Å². The van der Waals surface area contributed by atoms with Crippen LogP contribution >= 0.6 is 11.6 Å². The van der Waals surface area contributed by atoms with Crippen LogP contribution in [0.15, 0.2) is 24.5 Å². The summed E-state index contributed by atoms with van der Waals surface area (Å²) in [6, 6.07) is 4.29. The van der Waals surface area contributed by atoms with E-state index in [4.69, 9.17) is 11.6 Å². The van der Waals surface area contributed by atoms with Gasteiger partial charge in [0.25, 0.3) is 5.91 Å². The van der Waals surface area contributed by atoms with Gasteiger partial charge in [0.2, 0.25) is 0 Å². The Balaban J connectivity index is 1.69. The second kappa shape index (κ2) is 6.66. The number of rotatable bonds is 4. The summed E-state index contributed by atoms with van der Waals surface area (Å²) >= 11 is 5.78. The van der Waals surface area contributed by atoms with Gasteiger partial charge >= 0.3 is 0 Å². The number of benzene rings is 1. The lowest BCUT2D eigenvalue weighted by atomic mass is 10.1. The first-order valence-electron chi connectivity index (χ1n) is 7.65. The number of amides is 1. The molecule has 0 N–H and O–H groups in total. The van der Waals surface area contributed by atoms with Crippen LogP contribution in [-0.4, -0.2) is 38.2 Å². The van der Waals surface area contributed by atoms with Crippen LogP contribution in [-0.2, 0) is 13.5 Å². The number of carbonyl (C=O) groups is 1.